The van der Waals surface area contributed by atoms with Gasteiger partial charge >= 0.3 is 0 Å². The van der Waals surface area contributed by atoms with Gasteiger partial charge in [0.05, 0.1) is 40.0 Å². The highest BCUT2D eigenvalue weighted by Crippen LogP contribution is 2.30. The second kappa shape index (κ2) is 8.60. The fourth-order valence-corrected chi connectivity index (χ4v) is 4.21. The normalized spacial score (nSPS) is 32.9. The number of quaternary nitrogens is 1. The summed E-state index contributed by atoms with van der Waals surface area (Å²) in [6, 6.07) is 0.147. The van der Waals surface area contributed by atoms with Crippen LogP contribution in [0.2, 0.25) is 0 Å². The Morgan fingerprint density at radius 1 is 1.36 bits per heavy atom. The largest absolute Gasteiger partial charge is 0.369 e. The molecule has 0 aromatic rings. The Morgan fingerprint density at radius 2 is 2.09 bits per heavy atom. The first-order chi connectivity index (χ1) is 10.5. The van der Waals surface area contributed by atoms with E-state index in [4.69, 9.17) is 18.5 Å². The van der Waals surface area contributed by atoms with Crippen LogP contribution in [-0.4, -0.2) is 68.8 Å². The van der Waals surface area contributed by atoms with E-state index in [0.29, 0.717) is 24.4 Å². The summed E-state index contributed by atoms with van der Waals surface area (Å²) in [5, 5.41) is 0. The number of ether oxygens (including phenoxy) is 2. The van der Waals surface area contributed by atoms with E-state index in [1.165, 1.54) is 0 Å². The zero-order valence-corrected chi connectivity index (χ0v) is 16.3. The van der Waals surface area contributed by atoms with Crippen molar-refractivity contribution >= 4 is 32.8 Å². The van der Waals surface area contributed by atoms with Gasteiger partial charge in [-0.3, -0.25) is 4.79 Å². The first kappa shape index (κ1) is 18.9. The van der Waals surface area contributed by atoms with Gasteiger partial charge in [0.2, 0.25) is 0 Å². The van der Waals surface area contributed by atoms with Crippen LogP contribution in [-0.2, 0) is 23.3 Å². The van der Waals surface area contributed by atoms with Crippen molar-refractivity contribution in [1.82, 2.24) is 5.43 Å². The highest BCUT2D eigenvalue weighted by molar-refractivity contribution is 8.00. The minimum atomic E-state index is -0.538. The molecule has 2 saturated heterocycles. The second-order valence-electron chi connectivity index (χ2n) is 5.97. The molecule has 0 aromatic heterocycles. The zero-order valence-electron chi connectivity index (χ0n) is 13.0. The molecule has 0 aliphatic carbocycles. The molecule has 22 heavy (non-hydrogen) atoms. The van der Waals surface area contributed by atoms with Gasteiger partial charge in [0, 0.05) is 30.8 Å². The molecule has 128 valence electrons. The third kappa shape index (κ3) is 4.55. The highest BCUT2D eigenvalue weighted by atomic mass is 32.0. The highest BCUT2D eigenvalue weighted by Gasteiger charge is 2.44. The molecule has 2 aliphatic heterocycles. The maximum atomic E-state index is 12.6. The van der Waals surface area contributed by atoms with E-state index in [0.717, 1.165) is 12.8 Å². The summed E-state index contributed by atoms with van der Waals surface area (Å²) in [4.78, 5) is 12.6. The maximum Gasteiger partial charge on any atom is 0.296 e. The number of hydrogen-bond acceptors (Lipinski definition) is 5. The van der Waals surface area contributed by atoms with E-state index < -0.39 is 6.10 Å². The molecule has 1 N–H and O–H groups in total. The number of likely N-dealkylation sites (N-methyl/N-ethyl adjacent to an activating group) is 1. The first-order valence-electron chi connectivity index (χ1n) is 7.31. The summed E-state index contributed by atoms with van der Waals surface area (Å²) in [6.07, 6.45) is 0.900. The number of carbonyl (C=O) groups excluding carboxylic acids is 1. The van der Waals surface area contributed by atoms with Gasteiger partial charge in [0.15, 0.2) is 6.10 Å². The van der Waals surface area contributed by atoms with Gasteiger partial charge in [0.25, 0.3) is 5.91 Å². The fourth-order valence-electron chi connectivity index (χ4n) is 3.08. The lowest BCUT2D eigenvalue weighted by Crippen LogP contribution is -2.65. The minimum Gasteiger partial charge on any atom is -0.369 e. The standard InChI is InChI=1S/C12H25N2O5P3/c1-14(2,8-3-5-16-10(8)7-18-20)13-12(15)11-9(19-22-21)4-6-17-11/h8-11,22H,3-7,20-21H2,1-2H3/p+1. The van der Waals surface area contributed by atoms with Crippen molar-refractivity contribution in [3.05, 3.63) is 0 Å². The molecule has 7 atom stereocenters. The van der Waals surface area contributed by atoms with Crippen LogP contribution in [0.1, 0.15) is 12.8 Å². The van der Waals surface area contributed by atoms with Gasteiger partial charge < -0.3 is 18.5 Å². The smallest absolute Gasteiger partial charge is 0.296 e. The molecule has 0 saturated carbocycles. The molecule has 0 aromatic carbocycles. The average Bonchev–Trinajstić information content (AvgIpc) is 3.08. The third-order valence-electron chi connectivity index (χ3n) is 4.18. The Morgan fingerprint density at radius 3 is 2.77 bits per heavy atom. The minimum absolute atomic E-state index is 0.0298. The van der Waals surface area contributed by atoms with Crippen LogP contribution < -0.4 is 5.43 Å². The first-order valence-corrected chi connectivity index (χ1v) is 10.5. The molecular weight excluding hydrogens is 345 g/mol. The Kier molecular flexibility index (Phi) is 7.38. The van der Waals surface area contributed by atoms with Crippen LogP contribution in [0.25, 0.3) is 0 Å². The van der Waals surface area contributed by atoms with Crippen molar-refractivity contribution in [1.29, 1.82) is 0 Å². The molecule has 2 aliphatic rings. The van der Waals surface area contributed by atoms with Crippen LogP contribution in [0.15, 0.2) is 0 Å². The Labute approximate surface area is 137 Å². The van der Waals surface area contributed by atoms with Crippen molar-refractivity contribution in [2.24, 2.45) is 0 Å². The van der Waals surface area contributed by atoms with Crippen molar-refractivity contribution in [2.75, 3.05) is 33.9 Å². The van der Waals surface area contributed by atoms with E-state index in [-0.39, 0.29) is 32.7 Å². The number of nitrogens with one attached hydrogen (secondary N) is 1. The van der Waals surface area contributed by atoms with E-state index in [1.807, 2.05) is 14.1 Å². The number of amides is 1. The van der Waals surface area contributed by atoms with Gasteiger partial charge in [-0.25, -0.2) is 4.59 Å². The van der Waals surface area contributed by atoms with Crippen molar-refractivity contribution in [3.8, 4) is 0 Å². The van der Waals surface area contributed by atoms with Gasteiger partial charge in [0.1, 0.15) is 12.1 Å². The molecule has 0 radical (unpaired) electrons. The molecule has 1 amide bonds. The molecule has 10 heteroatoms. The second-order valence-corrected chi connectivity index (χ2v) is 7.48. The maximum absolute atomic E-state index is 12.6. The monoisotopic (exact) mass is 371 g/mol. The molecule has 7 unspecified atom stereocenters. The molecule has 0 spiro atoms. The van der Waals surface area contributed by atoms with Crippen LogP contribution in [0.4, 0.5) is 0 Å². The zero-order chi connectivity index (χ0) is 16.2. The van der Waals surface area contributed by atoms with Gasteiger partial charge in [-0.05, 0) is 0 Å². The molecule has 7 nitrogen and oxygen atoms in total. The summed E-state index contributed by atoms with van der Waals surface area (Å²) in [7, 11) is 8.99. The van der Waals surface area contributed by atoms with Crippen LogP contribution in [0.5, 0.6) is 0 Å². The number of nitrogens with zero attached hydrogens (tertiary/aromatic N) is 1. The van der Waals surface area contributed by atoms with Crippen molar-refractivity contribution in [3.63, 3.8) is 0 Å². The molecular formula is C12H26N2O5P3+. The van der Waals surface area contributed by atoms with E-state index in [9.17, 15) is 4.79 Å². The fraction of sp³-hybridized carbons (Fsp3) is 0.917. The predicted molar refractivity (Wildman–Crippen MR) is 91.3 cm³/mol. The average molecular weight is 371 g/mol. The molecule has 0 bridgehead atoms. The summed E-state index contributed by atoms with van der Waals surface area (Å²) in [6.45, 7) is 1.73. The lowest BCUT2D eigenvalue weighted by Gasteiger charge is -2.37. The SMILES string of the molecule is C[N+](C)(NC(=O)C1OCCC1OPP)C1CCOC1COP. The van der Waals surface area contributed by atoms with Crippen molar-refractivity contribution < 1.29 is 27.9 Å². The lowest BCUT2D eigenvalue weighted by atomic mass is 10.1. The van der Waals surface area contributed by atoms with Crippen LogP contribution >= 0.6 is 26.9 Å². The van der Waals surface area contributed by atoms with E-state index >= 15 is 0 Å². The summed E-state index contributed by atoms with van der Waals surface area (Å²) >= 11 is 0. The molecule has 2 heterocycles. The van der Waals surface area contributed by atoms with E-state index in [2.05, 4.69) is 23.8 Å². The lowest BCUT2D eigenvalue weighted by molar-refractivity contribution is -0.950. The number of hydrogen-bond donors (Lipinski definition) is 1. The summed E-state index contributed by atoms with van der Waals surface area (Å²) < 4.78 is 22.3. The topological polar surface area (TPSA) is 66.0 Å². The van der Waals surface area contributed by atoms with Gasteiger partial charge in [-0.15, -0.1) is 0 Å². The summed E-state index contributed by atoms with van der Waals surface area (Å²) in [5.74, 6) is -0.131. The van der Waals surface area contributed by atoms with Crippen LogP contribution in [0, 0.1) is 0 Å². The quantitative estimate of drug-likeness (QED) is 0.404. The Hall–Kier alpha value is 0.560. The molecule has 2 rings (SSSR count). The number of carbonyl (C=O) groups is 1. The third-order valence-corrected chi connectivity index (χ3v) is 5.22. The molecule has 2 fully saturated rings. The predicted octanol–water partition coefficient (Wildman–Crippen LogP) is 0.616. The van der Waals surface area contributed by atoms with Gasteiger partial charge in [-0.2, -0.15) is 5.43 Å². The Bertz CT molecular complexity index is 388. The van der Waals surface area contributed by atoms with Gasteiger partial charge in [-0.1, -0.05) is 8.93 Å². The number of rotatable bonds is 7. The van der Waals surface area contributed by atoms with E-state index in [1.54, 1.807) is 0 Å². The van der Waals surface area contributed by atoms with Crippen LogP contribution in [0.3, 0.4) is 0 Å². The Balaban J connectivity index is 1.96. The van der Waals surface area contributed by atoms with Crippen molar-refractivity contribution in [2.45, 2.75) is 37.2 Å². The summed E-state index contributed by atoms with van der Waals surface area (Å²) in [5.41, 5.74) is 3.06.